The molecule has 0 aliphatic heterocycles. The van der Waals surface area contributed by atoms with Gasteiger partial charge in [-0.05, 0) is 55.5 Å². The zero-order chi connectivity index (χ0) is 15.8. The normalized spacial score (nSPS) is 13.2. The minimum Gasteiger partial charge on any atom is -0.341 e. The summed E-state index contributed by atoms with van der Waals surface area (Å²) in [5, 5.41) is 10.2. The number of benzene rings is 1. The maximum Gasteiger partial charge on any atom is 0.117 e. The number of hydrogen-bond donors (Lipinski definition) is 1. The van der Waals surface area contributed by atoms with Crippen molar-refractivity contribution >= 4 is 22.8 Å². The van der Waals surface area contributed by atoms with E-state index in [-0.39, 0.29) is 0 Å². The number of fused-ring (bicyclic) bond motifs is 2. The largest absolute Gasteiger partial charge is 0.341 e. The predicted octanol–water partition coefficient (Wildman–Crippen LogP) is 3.92. The lowest BCUT2D eigenvalue weighted by molar-refractivity contribution is 0.891. The third kappa shape index (κ3) is 2.71. The van der Waals surface area contributed by atoms with Crippen LogP contribution in [0.2, 0.25) is 0 Å². The van der Waals surface area contributed by atoms with E-state index in [9.17, 15) is 5.26 Å². The molecule has 23 heavy (non-hydrogen) atoms. The maximum absolute atomic E-state index is 9.37. The van der Waals surface area contributed by atoms with Crippen LogP contribution in [0.25, 0.3) is 11.0 Å². The Balaban J connectivity index is 1.59. The monoisotopic (exact) mass is 320 g/mol. The van der Waals surface area contributed by atoms with Gasteiger partial charge in [0.2, 0.25) is 0 Å². The highest BCUT2D eigenvalue weighted by Gasteiger charge is 2.17. The molecule has 1 aliphatic carbocycles. The maximum atomic E-state index is 9.37. The summed E-state index contributed by atoms with van der Waals surface area (Å²) in [4.78, 5) is 12.7. The van der Waals surface area contributed by atoms with Gasteiger partial charge in [-0.2, -0.15) is 5.26 Å². The molecule has 0 spiro atoms. The fourth-order valence-electron chi connectivity index (χ4n) is 3.02. The van der Waals surface area contributed by atoms with Gasteiger partial charge in [-0.25, -0.2) is 9.97 Å². The Morgan fingerprint density at radius 2 is 2.17 bits per heavy atom. The smallest absolute Gasteiger partial charge is 0.117 e. The van der Waals surface area contributed by atoms with E-state index in [1.54, 1.807) is 11.8 Å². The number of aryl methyl sites for hydroxylation is 3. The van der Waals surface area contributed by atoms with Gasteiger partial charge < -0.3 is 4.98 Å². The number of aromatic nitrogens is 3. The fourth-order valence-corrected chi connectivity index (χ4v) is 3.87. The standard InChI is InChI=1S/C18H16N4S/c1-11-5-6-15-16(7-11)21-17(20-15)10-23-18-13(9-19)8-12-3-2-4-14(12)22-18/h5-8H,2-4,10H2,1H3,(H,20,21). The lowest BCUT2D eigenvalue weighted by Crippen LogP contribution is -1.95. The first-order chi connectivity index (χ1) is 11.2. The van der Waals surface area contributed by atoms with E-state index in [1.165, 1.54) is 11.1 Å². The van der Waals surface area contributed by atoms with Gasteiger partial charge in [-0.1, -0.05) is 17.8 Å². The van der Waals surface area contributed by atoms with Crippen molar-refractivity contribution in [2.45, 2.75) is 37.0 Å². The summed E-state index contributed by atoms with van der Waals surface area (Å²) < 4.78 is 0. The number of aromatic amines is 1. The van der Waals surface area contributed by atoms with Crippen molar-refractivity contribution in [2.75, 3.05) is 0 Å². The van der Waals surface area contributed by atoms with Crippen molar-refractivity contribution in [3.8, 4) is 6.07 Å². The van der Waals surface area contributed by atoms with Gasteiger partial charge in [-0.3, -0.25) is 0 Å². The molecule has 4 nitrogen and oxygen atoms in total. The molecule has 0 bridgehead atoms. The summed E-state index contributed by atoms with van der Waals surface area (Å²) in [6.45, 7) is 2.07. The van der Waals surface area contributed by atoms with Crippen molar-refractivity contribution in [1.82, 2.24) is 15.0 Å². The lowest BCUT2D eigenvalue weighted by atomic mass is 10.2. The average molecular weight is 320 g/mol. The predicted molar refractivity (Wildman–Crippen MR) is 91.4 cm³/mol. The number of nitriles is 1. The van der Waals surface area contributed by atoms with Crippen LogP contribution < -0.4 is 0 Å². The molecule has 0 atom stereocenters. The molecule has 0 saturated heterocycles. The van der Waals surface area contributed by atoms with E-state index in [4.69, 9.17) is 4.98 Å². The number of thioether (sulfide) groups is 1. The third-order valence-corrected chi connectivity index (χ3v) is 5.17. The third-order valence-electron chi connectivity index (χ3n) is 4.17. The van der Waals surface area contributed by atoms with Crippen LogP contribution in [0.1, 0.15) is 34.6 Å². The van der Waals surface area contributed by atoms with Crippen LogP contribution in [0.5, 0.6) is 0 Å². The summed E-state index contributed by atoms with van der Waals surface area (Å²) in [7, 11) is 0. The first-order valence-corrected chi connectivity index (χ1v) is 8.72. The van der Waals surface area contributed by atoms with Gasteiger partial charge in [0.25, 0.3) is 0 Å². The van der Waals surface area contributed by atoms with Crippen LogP contribution in [0.3, 0.4) is 0 Å². The molecule has 0 amide bonds. The molecule has 0 fully saturated rings. The molecule has 3 aromatic rings. The Hall–Kier alpha value is -2.32. The van der Waals surface area contributed by atoms with E-state index >= 15 is 0 Å². The van der Waals surface area contributed by atoms with Crippen LogP contribution in [0.4, 0.5) is 0 Å². The quantitative estimate of drug-likeness (QED) is 0.743. The highest BCUT2D eigenvalue weighted by Crippen LogP contribution is 2.29. The van der Waals surface area contributed by atoms with E-state index in [1.807, 2.05) is 12.1 Å². The molecule has 1 aromatic carbocycles. The second-order valence-corrected chi connectivity index (χ2v) is 6.87. The first kappa shape index (κ1) is 14.3. The van der Waals surface area contributed by atoms with Crippen LogP contribution >= 0.6 is 11.8 Å². The molecule has 1 N–H and O–H groups in total. The Labute approximate surface area is 139 Å². The average Bonchev–Trinajstić information content (AvgIpc) is 3.16. The summed E-state index contributed by atoms with van der Waals surface area (Å²) in [5.41, 5.74) is 6.34. The molecule has 0 unspecified atom stereocenters. The zero-order valence-corrected chi connectivity index (χ0v) is 13.7. The number of rotatable bonds is 3. The Morgan fingerprint density at radius 1 is 1.26 bits per heavy atom. The van der Waals surface area contributed by atoms with Gasteiger partial charge in [0.15, 0.2) is 0 Å². The van der Waals surface area contributed by atoms with Crippen LogP contribution in [0, 0.1) is 18.3 Å². The number of pyridine rings is 1. The van der Waals surface area contributed by atoms with Crippen molar-refractivity contribution in [2.24, 2.45) is 0 Å². The van der Waals surface area contributed by atoms with Crippen molar-refractivity contribution in [3.63, 3.8) is 0 Å². The number of hydrogen-bond acceptors (Lipinski definition) is 4. The summed E-state index contributed by atoms with van der Waals surface area (Å²) in [6.07, 6.45) is 3.22. The Morgan fingerprint density at radius 3 is 3.04 bits per heavy atom. The Bertz CT molecular complexity index is 936. The van der Waals surface area contributed by atoms with Gasteiger partial charge in [0.05, 0.1) is 22.3 Å². The second-order valence-electron chi connectivity index (χ2n) is 5.91. The van der Waals surface area contributed by atoms with Gasteiger partial charge in [-0.15, -0.1) is 0 Å². The molecule has 0 saturated carbocycles. The van der Waals surface area contributed by atoms with E-state index in [0.29, 0.717) is 11.3 Å². The first-order valence-electron chi connectivity index (χ1n) is 7.74. The van der Waals surface area contributed by atoms with E-state index < -0.39 is 0 Å². The molecule has 5 heteroatoms. The number of imidazole rings is 1. The molecule has 114 valence electrons. The summed E-state index contributed by atoms with van der Waals surface area (Å²) in [5.74, 6) is 1.61. The number of H-pyrrole nitrogens is 1. The molecule has 2 heterocycles. The second kappa shape index (κ2) is 5.71. The highest BCUT2D eigenvalue weighted by molar-refractivity contribution is 7.98. The Kier molecular flexibility index (Phi) is 3.55. The van der Waals surface area contributed by atoms with Crippen molar-refractivity contribution in [1.29, 1.82) is 5.26 Å². The minimum atomic E-state index is 0.683. The van der Waals surface area contributed by atoms with E-state index in [0.717, 1.165) is 46.8 Å². The molecular weight excluding hydrogens is 304 g/mol. The topological polar surface area (TPSA) is 65.4 Å². The minimum absolute atomic E-state index is 0.683. The van der Waals surface area contributed by atoms with Gasteiger partial charge >= 0.3 is 0 Å². The molecule has 1 aliphatic rings. The molecule has 2 aromatic heterocycles. The molecular formula is C18H16N4S. The van der Waals surface area contributed by atoms with Crippen molar-refractivity contribution < 1.29 is 0 Å². The van der Waals surface area contributed by atoms with Crippen LogP contribution in [-0.2, 0) is 18.6 Å². The lowest BCUT2D eigenvalue weighted by Gasteiger charge is -2.05. The molecule has 4 rings (SSSR count). The van der Waals surface area contributed by atoms with Gasteiger partial charge in [0, 0.05) is 5.69 Å². The van der Waals surface area contributed by atoms with Crippen LogP contribution in [-0.4, -0.2) is 15.0 Å². The molecule has 0 radical (unpaired) electrons. The highest BCUT2D eigenvalue weighted by atomic mass is 32.2. The number of nitrogens with zero attached hydrogens (tertiary/aromatic N) is 3. The summed E-state index contributed by atoms with van der Waals surface area (Å²) in [6, 6.07) is 10.5. The van der Waals surface area contributed by atoms with Crippen molar-refractivity contribution in [3.05, 3.63) is 52.5 Å². The van der Waals surface area contributed by atoms with Crippen LogP contribution in [0.15, 0.2) is 29.3 Å². The van der Waals surface area contributed by atoms with E-state index in [2.05, 4.69) is 35.1 Å². The van der Waals surface area contributed by atoms with Gasteiger partial charge in [0.1, 0.15) is 16.9 Å². The summed E-state index contributed by atoms with van der Waals surface area (Å²) >= 11 is 1.58. The SMILES string of the molecule is Cc1ccc2nc(CSc3nc4c(cc3C#N)CCC4)[nH]c2c1. The fraction of sp³-hybridized carbons (Fsp3) is 0.278. The number of nitrogens with one attached hydrogen (secondary N) is 1. The zero-order valence-electron chi connectivity index (χ0n) is 12.9.